The lowest BCUT2D eigenvalue weighted by Gasteiger charge is -2.41. The number of hydrogen-bond donors (Lipinski definition) is 1. The van der Waals surface area contributed by atoms with Gasteiger partial charge in [0.15, 0.2) is 0 Å². The molecule has 4 nitrogen and oxygen atoms in total. The van der Waals surface area contributed by atoms with Crippen LogP contribution >= 0.6 is 0 Å². The highest BCUT2D eigenvalue weighted by molar-refractivity contribution is 5.91. The van der Waals surface area contributed by atoms with Gasteiger partial charge in [-0.15, -0.1) is 0 Å². The molecule has 0 radical (unpaired) electrons. The van der Waals surface area contributed by atoms with E-state index in [1.54, 1.807) is 19.1 Å². The normalized spacial score (nSPS) is 29.0. The van der Waals surface area contributed by atoms with E-state index < -0.39 is 75.1 Å². The molecule has 0 spiro atoms. The minimum absolute atomic E-state index is 0.0695. The molecule has 1 aliphatic rings. The van der Waals surface area contributed by atoms with Gasteiger partial charge in [-0.05, 0) is 49.3 Å². The molecule has 0 saturated carbocycles. The fourth-order valence-electron chi connectivity index (χ4n) is 4.13. The Morgan fingerprint density at radius 3 is 2.00 bits per heavy atom. The zero-order valence-electron chi connectivity index (χ0n) is 32.7. The Hall–Kier alpha value is -2.95. The molecule has 34 heavy (non-hydrogen) atoms. The summed E-state index contributed by atoms with van der Waals surface area (Å²) in [6.45, 7) is -13.2. The highest BCUT2D eigenvalue weighted by Crippen LogP contribution is 2.39. The Morgan fingerprint density at radius 1 is 0.971 bits per heavy atom. The van der Waals surface area contributed by atoms with Crippen molar-refractivity contribution in [2.24, 2.45) is 0 Å². The van der Waals surface area contributed by atoms with Crippen LogP contribution in [0.3, 0.4) is 0 Å². The third-order valence-electron chi connectivity index (χ3n) is 6.02. The molecule has 4 rings (SSSR count). The summed E-state index contributed by atoms with van der Waals surface area (Å²) in [5.41, 5.74) is -5.22. The third kappa shape index (κ3) is 4.79. The number of likely N-dealkylation sites (tertiary alicyclic amines) is 1. The second-order valence-electron chi connectivity index (χ2n) is 8.23. The Bertz CT molecular complexity index is 1530. The van der Waals surface area contributed by atoms with Gasteiger partial charge in [0.1, 0.15) is 5.41 Å². The highest BCUT2D eigenvalue weighted by atomic mass is 16.3. The van der Waals surface area contributed by atoms with Gasteiger partial charge < -0.3 is 14.9 Å². The van der Waals surface area contributed by atoms with Gasteiger partial charge in [0.05, 0.1) is 5.60 Å². The lowest BCUT2D eigenvalue weighted by molar-refractivity contribution is -0.133. The molecule has 178 valence electrons. The number of hydrogen-bond acceptors (Lipinski definition) is 3. The zero-order chi connectivity index (χ0) is 36.4. The standard InChI is InChI=1S/C30H36N2O2/c1-24-14-16-25(17-15-24)29(34)18-21-32(22-19-29)23-20-30(28(33)31(2)3,26-10-6-4-7-11-26)27-12-8-5-9-13-27/h4-17,34H,18-23H2,1-3H3/i2D3,3D3,18D2,19D2,21D2,22D2. The number of aliphatic hydroxyl groups is 1. The van der Waals surface area contributed by atoms with Gasteiger partial charge in [0, 0.05) is 46.1 Å². The summed E-state index contributed by atoms with van der Waals surface area (Å²) in [6.07, 6.45) is -7.82. The van der Waals surface area contributed by atoms with Crippen molar-refractivity contribution in [3.05, 3.63) is 107 Å². The van der Waals surface area contributed by atoms with Gasteiger partial charge in [-0.25, -0.2) is 0 Å². The molecule has 0 aromatic heterocycles. The second kappa shape index (κ2) is 10.1. The number of carbonyl (C=O) groups is 1. The molecular weight excluding hydrogens is 420 g/mol. The number of likely N-dealkylation sites (N-methyl/N-ethyl adjacent to an activating group) is 1. The Balaban J connectivity index is 1.98. The molecule has 1 saturated heterocycles. The number of carbonyl (C=O) groups excluding carboxylic acids is 1. The fraction of sp³-hybridized carbons (Fsp3) is 0.367. The molecule has 1 amide bonds. The smallest absolute Gasteiger partial charge is 0.237 e. The maximum atomic E-state index is 14.6. The van der Waals surface area contributed by atoms with E-state index in [1.807, 2.05) is 0 Å². The molecule has 3 aromatic carbocycles. The van der Waals surface area contributed by atoms with Gasteiger partial charge in [-0.1, -0.05) is 90.5 Å². The van der Waals surface area contributed by atoms with Crippen LogP contribution in [-0.2, 0) is 15.8 Å². The summed E-state index contributed by atoms with van der Waals surface area (Å²) < 4.78 is 119. The van der Waals surface area contributed by atoms with Crippen LogP contribution in [0.15, 0.2) is 84.9 Å². The highest BCUT2D eigenvalue weighted by Gasteiger charge is 2.43. The summed E-state index contributed by atoms with van der Waals surface area (Å²) >= 11 is 0. The van der Waals surface area contributed by atoms with Crippen molar-refractivity contribution in [1.29, 1.82) is 0 Å². The number of aryl methyl sites for hydroxylation is 1. The SMILES string of the molecule is [2H]C([2H])([2H])N(C(=O)C(CCN1C([2H])([2H])C([2H])([2H])C(O)(c2ccc(C)cc2)C([2H])([2H])C1([2H])[2H])(c1ccccc1)c1ccccc1)C([2H])([2H])[2H]. The van der Waals surface area contributed by atoms with Gasteiger partial charge in [0.2, 0.25) is 5.91 Å². The minimum Gasteiger partial charge on any atom is -0.385 e. The van der Waals surface area contributed by atoms with Crippen molar-refractivity contribution < 1.29 is 29.1 Å². The molecule has 0 atom stereocenters. The van der Waals surface area contributed by atoms with E-state index in [2.05, 4.69) is 0 Å². The molecular formula is C30H36N2O2. The molecule has 4 heteroatoms. The summed E-state index contributed by atoms with van der Waals surface area (Å²) in [7, 11) is 0. The first-order valence-electron chi connectivity index (χ1n) is 17.9. The van der Waals surface area contributed by atoms with Crippen molar-refractivity contribution >= 4 is 5.91 Å². The summed E-state index contributed by atoms with van der Waals surface area (Å²) in [5, 5.41) is 11.9. The van der Waals surface area contributed by atoms with Crippen LogP contribution in [-0.4, -0.2) is 54.3 Å². The lowest BCUT2D eigenvalue weighted by Crippen LogP contribution is -2.48. The summed E-state index contributed by atoms with van der Waals surface area (Å²) in [6, 6.07) is 20.2. The molecule has 1 fully saturated rings. The topological polar surface area (TPSA) is 43.8 Å². The maximum absolute atomic E-state index is 14.6. The Labute approximate surface area is 223 Å². The molecule has 1 heterocycles. The zero-order valence-corrected chi connectivity index (χ0v) is 18.7. The van der Waals surface area contributed by atoms with Crippen molar-refractivity contribution in [2.75, 3.05) is 33.5 Å². The third-order valence-corrected chi connectivity index (χ3v) is 6.02. The molecule has 1 N–H and O–H groups in total. The summed E-state index contributed by atoms with van der Waals surface area (Å²) in [5.74, 6) is -1.44. The predicted octanol–water partition coefficient (Wildman–Crippen LogP) is 4.74. The molecule has 0 bridgehead atoms. The summed E-state index contributed by atoms with van der Waals surface area (Å²) in [4.78, 5) is 14.7. The van der Waals surface area contributed by atoms with Crippen LogP contribution < -0.4 is 0 Å². The van der Waals surface area contributed by atoms with Crippen LogP contribution in [0.1, 0.15) is 60.6 Å². The monoisotopic (exact) mass is 470 g/mol. The van der Waals surface area contributed by atoms with E-state index in [9.17, 15) is 9.90 Å². The fourth-order valence-corrected chi connectivity index (χ4v) is 4.13. The lowest BCUT2D eigenvalue weighted by atomic mass is 9.70. The largest absolute Gasteiger partial charge is 0.385 e. The van der Waals surface area contributed by atoms with Gasteiger partial charge in [-0.3, -0.25) is 4.79 Å². The Kier molecular flexibility index (Phi) is 3.62. The quantitative estimate of drug-likeness (QED) is 0.542. The number of piperidine rings is 1. The van der Waals surface area contributed by atoms with Crippen LogP contribution in [0.2, 0.25) is 0 Å². The predicted molar refractivity (Wildman–Crippen MR) is 138 cm³/mol. The first-order chi connectivity index (χ1) is 21.8. The van der Waals surface area contributed by atoms with E-state index in [4.69, 9.17) is 19.2 Å². The number of rotatable bonds is 7. The average Bonchev–Trinajstić information content (AvgIpc) is 2.97. The van der Waals surface area contributed by atoms with Crippen molar-refractivity contribution in [3.8, 4) is 0 Å². The van der Waals surface area contributed by atoms with Crippen LogP contribution in [0, 0.1) is 6.92 Å². The van der Waals surface area contributed by atoms with Crippen LogP contribution in [0.25, 0.3) is 0 Å². The maximum Gasteiger partial charge on any atom is 0.237 e. The van der Waals surface area contributed by atoms with Crippen molar-refractivity contribution in [2.45, 2.75) is 37.1 Å². The van der Waals surface area contributed by atoms with E-state index in [-0.39, 0.29) is 20.9 Å². The van der Waals surface area contributed by atoms with Gasteiger partial charge in [0.25, 0.3) is 0 Å². The molecule has 0 aliphatic carbocycles. The Morgan fingerprint density at radius 2 is 1.50 bits per heavy atom. The number of benzene rings is 3. The first kappa shape index (κ1) is 12.1. The second-order valence-corrected chi connectivity index (χ2v) is 8.23. The van der Waals surface area contributed by atoms with E-state index in [0.29, 0.717) is 5.56 Å². The first-order valence-corrected chi connectivity index (χ1v) is 10.9. The number of amides is 1. The van der Waals surface area contributed by atoms with E-state index in [0.717, 1.165) is 0 Å². The van der Waals surface area contributed by atoms with Crippen LogP contribution in [0.4, 0.5) is 0 Å². The van der Waals surface area contributed by atoms with Crippen molar-refractivity contribution in [3.63, 3.8) is 0 Å². The minimum atomic E-state index is -3.54. The van der Waals surface area contributed by atoms with Crippen molar-refractivity contribution in [1.82, 2.24) is 9.80 Å². The van der Waals surface area contributed by atoms with E-state index >= 15 is 0 Å². The molecule has 0 unspecified atom stereocenters. The van der Waals surface area contributed by atoms with E-state index in [1.165, 1.54) is 72.8 Å². The van der Waals surface area contributed by atoms with Crippen LogP contribution in [0.5, 0.6) is 0 Å². The molecule has 3 aromatic rings. The average molecular weight is 471 g/mol. The number of nitrogens with zero attached hydrogens (tertiary/aromatic N) is 2. The van der Waals surface area contributed by atoms with Gasteiger partial charge >= 0.3 is 0 Å². The van der Waals surface area contributed by atoms with Gasteiger partial charge in [-0.2, -0.15) is 0 Å². The molecule has 1 aliphatic heterocycles.